The average molecular weight is 614 g/mol. The number of anilines is 2. The molecule has 0 saturated carbocycles. The Bertz CT molecular complexity index is 1790. The second-order valence-electron chi connectivity index (χ2n) is 10.7. The predicted molar refractivity (Wildman–Crippen MR) is 154 cm³/mol. The molecule has 15 heteroatoms. The van der Waals surface area contributed by atoms with E-state index < -0.39 is 32.2 Å². The number of nitrogens with zero attached hydrogens (tertiary/aromatic N) is 6. The maximum absolute atomic E-state index is 14.3. The molecule has 1 aromatic carbocycles. The average Bonchev–Trinajstić information content (AvgIpc) is 2.95. The molecule has 4 aromatic rings. The molecule has 1 fully saturated rings. The Morgan fingerprint density at radius 2 is 1.72 bits per heavy atom. The van der Waals surface area contributed by atoms with Crippen LogP contribution < -0.4 is 14.4 Å². The largest absolute Gasteiger partial charge is 0.480 e. The number of carbonyl (C=O) groups is 1. The van der Waals surface area contributed by atoms with Gasteiger partial charge < -0.3 is 19.3 Å². The number of aromatic nitrogens is 4. The molecule has 3 aromatic heterocycles. The quantitative estimate of drug-likeness (QED) is 0.336. The zero-order valence-corrected chi connectivity index (χ0v) is 24.7. The van der Waals surface area contributed by atoms with Crippen LogP contribution in [0.4, 0.5) is 25.1 Å². The van der Waals surface area contributed by atoms with E-state index in [0.717, 1.165) is 12.1 Å². The van der Waals surface area contributed by atoms with Crippen molar-refractivity contribution in [2.24, 2.45) is 0 Å². The van der Waals surface area contributed by atoms with Crippen LogP contribution in [-0.4, -0.2) is 78.2 Å². The minimum atomic E-state index is -4.46. The number of halogens is 2. The lowest BCUT2D eigenvalue weighted by molar-refractivity contribution is 0.0240. The van der Waals surface area contributed by atoms with Gasteiger partial charge in [-0.2, -0.15) is 0 Å². The molecule has 4 heterocycles. The molecular formula is C28H29F2N7O5S. The summed E-state index contributed by atoms with van der Waals surface area (Å²) in [5.74, 6) is -1.58. The lowest BCUT2D eigenvalue weighted by Gasteiger charge is -2.36. The standard InChI is InChI=1S/C28H29F2N7O5S/c1-28(2,3)42-27(38)37-9-7-36(8-10-37)25-19-13-21(31-15-23(19)33-16-34-25)17-11-22(26(41-4)32-14-17)35-43(39,40)24-6-5-18(29)12-20(24)30/h5-6,11-16,35H,7-10H2,1-4H3. The first-order valence-electron chi connectivity index (χ1n) is 13.2. The van der Waals surface area contributed by atoms with Gasteiger partial charge in [0.25, 0.3) is 10.0 Å². The molecule has 1 aliphatic rings. The van der Waals surface area contributed by atoms with Crippen LogP contribution in [0.1, 0.15) is 20.8 Å². The molecule has 0 atom stereocenters. The Balaban J connectivity index is 1.43. The summed E-state index contributed by atoms with van der Waals surface area (Å²) in [7, 11) is -3.16. The number of piperazine rings is 1. The van der Waals surface area contributed by atoms with Crippen molar-refractivity contribution in [1.82, 2.24) is 24.8 Å². The highest BCUT2D eigenvalue weighted by Gasteiger charge is 2.27. The normalized spacial score (nSPS) is 14.1. The number of sulfonamides is 1. The number of rotatable bonds is 6. The minimum absolute atomic E-state index is 0.0671. The fourth-order valence-corrected chi connectivity index (χ4v) is 5.61. The molecular weight excluding hydrogens is 584 g/mol. The third kappa shape index (κ3) is 6.56. The van der Waals surface area contributed by atoms with Crippen LogP contribution in [0, 0.1) is 11.6 Å². The van der Waals surface area contributed by atoms with E-state index in [2.05, 4.69) is 24.7 Å². The maximum atomic E-state index is 14.3. The number of nitrogens with one attached hydrogen (secondary N) is 1. The zero-order chi connectivity index (χ0) is 30.9. The number of ether oxygens (including phenoxy) is 2. The van der Waals surface area contributed by atoms with Gasteiger partial charge in [0.1, 0.15) is 40.0 Å². The first-order valence-corrected chi connectivity index (χ1v) is 14.7. The van der Waals surface area contributed by atoms with Gasteiger partial charge in [0.2, 0.25) is 5.88 Å². The summed E-state index contributed by atoms with van der Waals surface area (Å²) in [6.45, 7) is 7.38. The van der Waals surface area contributed by atoms with Crippen molar-refractivity contribution < 1.29 is 31.5 Å². The van der Waals surface area contributed by atoms with Crippen molar-refractivity contribution in [1.29, 1.82) is 0 Å². The number of amides is 1. The van der Waals surface area contributed by atoms with Crippen molar-refractivity contribution in [3.05, 3.63) is 60.7 Å². The van der Waals surface area contributed by atoms with Crippen LogP contribution in [-0.2, 0) is 14.8 Å². The molecule has 12 nitrogen and oxygen atoms in total. The Morgan fingerprint density at radius 1 is 0.977 bits per heavy atom. The molecule has 1 N–H and O–H groups in total. The van der Waals surface area contributed by atoms with Crippen LogP contribution in [0.5, 0.6) is 5.88 Å². The number of pyridine rings is 2. The van der Waals surface area contributed by atoms with E-state index >= 15 is 0 Å². The van der Waals surface area contributed by atoms with Gasteiger partial charge >= 0.3 is 6.09 Å². The molecule has 0 spiro atoms. The zero-order valence-electron chi connectivity index (χ0n) is 23.8. The van der Waals surface area contributed by atoms with Crippen LogP contribution in [0.25, 0.3) is 22.2 Å². The van der Waals surface area contributed by atoms with Gasteiger partial charge in [-0.3, -0.25) is 9.71 Å². The number of fused-ring (bicyclic) bond motifs is 1. The number of hydrogen-bond acceptors (Lipinski definition) is 10. The van der Waals surface area contributed by atoms with Gasteiger partial charge in [0.05, 0.1) is 24.5 Å². The van der Waals surface area contributed by atoms with Gasteiger partial charge in [-0.1, -0.05) is 0 Å². The molecule has 1 amide bonds. The topological polar surface area (TPSA) is 140 Å². The first-order chi connectivity index (χ1) is 20.3. The van der Waals surface area contributed by atoms with Crippen molar-refractivity contribution in [2.45, 2.75) is 31.3 Å². The summed E-state index contributed by atoms with van der Waals surface area (Å²) >= 11 is 0. The third-order valence-corrected chi connectivity index (χ3v) is 7.90. The lowest BCUT2D eigenvalue weighted by atomic mass is 10.1. The van der Waals surface area contributed by atoms with Gasteiger partial charge in [-0.25, -0.2) is 36.9 Å². The van der Waals surface area contributed by atoms with Crippen molar-refractivity contribution in [3.8, 4) is 17.1 Å². The highest BCUT2D eigenvalue weighted by molar-refractivity contribution is 7.92. The van der Waals surface area contributed by atoms with Crippen molar-refractivity contribution in [3.63, 3.8) is 0 Å². The SMILES string of the molecule is COc1ncc(-c2cc3c(N4CCN(C(=O)OC(C)(C)C)CC4)ncnc3cn2)cc1NS(=O)(=O)c1ccc(F)cc1F. The van der Waals surface area contributed by atoms with Gasteiger partial charge in [0, 0.05) is 49.4 Å². The summed E-state index contributed by atoms with van der Waals surface area (Å²) < 4.78 is 66.5. The van der Waals surface area contributed by atoms with E-state index in [1.807, 2.05) is 25.7 Å². The van der Waals surface area contributed by atoms with E-state index in [1.54, 1.807) is 17.2 Å². The number of benzene rings is 1. The molecule has 0 radical (unpaired) electrons. The minimum Gasteiger partial charge on any atom is -0.480 e. The van der Waals surface area contributed by atoms with Crippen molar-refractivity contribution in [2.75, 3.05) is 42.9 Å². The summed E-state index contributed by atoms with van der Waals surface area (Å²) in [5, 5.41) is 0.685. The first kappa shape index (κ1) is 29.8. The summed E-state index contributed by atoms with van der Waals surface area (Å²) in [6.07, 6.45) is 4.09. The van der Waals surface area contributed by atoms with Gasteiger partial charge in [-0.15, -0.1) is 0 Å². The van der Waals surface area contributed by atoms with E-state index in [4.69, 9.17) is 9.47 Å². The van der Waals surface area contributed by atoms with Crippen LogP contribution in [0.2, 0.25) is 0 Å². The fourth-order valence-electron chi connectivity index (χ4n) is 4.50. The smallest absolute Gasteiger partial charge is 0.410 e. The highest BCUT2D eigenvalue weighted by Crippen LogP contribution is 2.32. The third-order valence-electron chi connectivity index (χ3n) is 6.50. The highest BCUT2D eigenvalue weighted by atomic mass is 32.2. The Labute approximate surface area is 246 Å². The summed E-state index contributed by atoms with van der Waals surface area (Å²) in [5.41, 5.74) is 0.767. The molecule has 0 bridgehead atoms. The predicted octanol–water partition coefficient (Wildman–Crippen LogP) is 4.23. The van der Waals surface area contributed by atoms with E-state index in [0.29, 0.717) is 60.2 Å². The number of methoxy groups -OCH3 is 1. The lowest BCUT2D eigenvalue weighted by Crippen LogP contribution is -2.50. The molecule has 43 heavy (non-hydrogen) atoms. The Morgan fingerprint density at radius 3 is 2.40 bits per heavy atom. The van der Waals surface area contributed by atoms with E-state index in [-0.39, 0.29) is 17.7 Å². The van der Waals surface area contributed by atoms with Crippen LogP contribution >= 0.6 is 0 Å². The summed E-state index contributed by atoms with van der Waals surface area (Å²) in [4.78, 5) is 32.9. The molecule has 1 saturated heterocycles. The van der Waals surface area contributed by atoms with Crippen LogP contribution in [0.15, 0.2) is 53.9 Å². The molecule has 226 valence electrons. The van der Waals surface area contributed by atoms with Gasteiger partial charge in [0.15, 0.2) is 0 Å². The molecule has 1 aliphatic heterocycles. The van der Waals surface area contributed by atoms with E-state index in [1.165, 1.54) is 25.7 Å². The van der Waals surface area contributed by atoms with Crippen LogP contribution in [0.3, 0.4) is 0 Å². The fraction of sp³-hybridized carbons (Fsp3) is 0.321. The second kappa shape index (κ2) is 11.6. The number of carbonyl (C=O) groups excluding carboxylic acids is 1. The number of hydrogen-bond donors (Lipinski definition) is 1. The van der Waals surface area contributed by atoms with E-state index in [9.17, 15) is 22.0 Å². The molecule has 0 aliphatic carbocycles. The van der Waals surface area contributed by atoms with Gasteiger partial charge in [-0.05, 0) is 45.0 Å². The monoisotopic (exact) mass is 613 g/mol. The molecule has 0 unspecified atom stereocenters. The Hall–Kier alpha value is -4.66. The maximum Gasteiger partial charge on any atom is 0.410 e. The van der Waals surface area contributed by atoms with Crippen molar-refractivity contribution >= 4 is 38.5 Å². The Kier molecular flexibility index (Phi) is 8.01. The molecule has 5 rings (SSSR count). The summed E-state index contributed by atoms with van der Waals surface area (Å²) in [6, 6.07) is 5.36. The second-order valence-corrected chi connectivity index (χ2v) is 12.4.